The van der Waals surface area contributed by atoms with Gasteiger partial charge >= 0.3 is 12.4 Å². The van der Waals surface area contributed by atoms with Crippen LogP contribution < -0.4 is 10.2 Å². The molecule has 1 aliphatic heterocycles. The second-order valence-corrected chi connectivity index (χ2v) is 12.3. The van der Waals surface area contributed by atoms with Gasteiger partial charge in [0, 0.05) is 56.6 Å². The average Bonchev–Trinajstić information content (AvgIpc) is 2.95. The fraction of sp³-hybridized carbons (Fsp3) is 0.586. The molecule has 2 unspecified atom stereocenters. The number of halogens is 7. The van der Waals surface area contributed by atoms with E-state index < -0.39 is 34.1 Å². The van der Waals surface area contributed by atoms with Crippen LogP contribution in [0.3, 0.4) is 0 Å². The van der Waals surface area contributed by atoms with Crippen molar-refractivity contribution in [2.45, 2.75) is 63.3 Å². The smallest absolute Gasteiger partial charge is 0.382 e. The molecule has 2 aliphatic carbocycles. The van der Waals surface area contributed by atoms with Gasteiger partial charge in [0.25, 0.3) is 5.69 Å². The highest BCUT2D eigenvalue weighted by atomic mass is 35.5. The average molecular weight is 648 g/mol. The van der Waals surface area contributed by atoms with Gasteiger partial charge in [-0.05, 0) is 74.5 Å². The standard InChI is InChI=1S/C29H32ClF6N5O3/c30-24-14-19(28(31,32)33)16-37-27(24)40-11-9-39(10-12-40)26(42)13-18-3-7-22(18)17-1-4-20(5-2-17)38-21-6-8-25(41(43)44)23(15-21)29(34,35)36/h6,8,14-18,20,22,38H,1-5,7,9-13H2. The summed E-state index contributed by atoms with van der Waals surface area (Å²) in [5, 5.41) is 14.1. The van der Waals surface area contributed by atoms with E-state index in [0.29, 0.717) is 44.4 Å². The van der Waals surface area contributed by atoms with Crippen LogP contribution in [0, 0.1) is 27.9 Å². The van der Waals surface area contributed by atoms with Gasteiger partial charge in [-0.3, -0.25) is 14.9 Å². The highest BCUT2D eigenvalue weighted by Crippen LogP contribution is 2.47. The summed E-state index contributed by atoms with van der Waals surface area (Å²) in [6.45, 7) is 1.66. The molecule has 15 heteroatoms. The van der Waals surface area contributed by atoms with Gasteiger partial charge in [-0.1, -0.05) is 11.6 Å². The number of carbonyl (C=O) groups is 1. The highest BCUT2D eigenvalue weighted by Gasteiger charge is 2.41. The lowest BCUT2D eigenvalue weighted by Gasteiger charge is -2.45. The Labute approximate surface area is 254 Å². The van der Waals surface area contributed by atoms with Crippen LogP contribution in [0.5, 0.6) is 0 Å². The molecule has 2 saturated carbocycles. The first kappa shape index (κ1) is 32.1. The first-order valence-electron chi connectivity index (χ1n) is 14.6. The van der Waals surface area contributed by atoms with E-state index in [2.05, 4.69) is 10.3 Å². The lowest BCUT2D eigenvalue weighted by molar-refractivity contribution is -0.388. The summed E-state index contributed by atoms with van der Waals surface area (Å²) in [5.41, 5.74) is -2.96. The number of nitro groups is 1. The number of hydrogen-bond acceptors (Lipinski definition) is 6. The number of amides is 1. The van der Waals surface area contributed by atoms with Crippen molar-refractivity contribution in [3.8, 4) is 0 Å². The van der Waals surface area contributed by atoms with Crippen LogP contribution in [-0.2, 0) is 17.1 Å². The molecule has 1 aromatic heterocycles. The number of carbonyl (C=O) groups excluding carboxylic acids is 1. The number of nitrogens with zero attached hydrogens (tertiary/aromatic N) is 4. The van der Waals surface area contributed by atoms with Crippen molar-refractivity contribution in [3.05, 3.63) is 56.7 Å². The fourth-order valence-electron chi connectivity index (χ4n) is 6.75. The maximum Gasteiger partial charge on any atom is 0.423 e. The number of benzene rings is 1. The van der Waals surface area contributed by atoms with Crippen LogP contribution >= 0.6 is 11.6 Å². The van der Waals surface area contributed by atoms with E-state index in [4.69, 9.17) is 11.6 Å². The van der Waals surface area contributed by atoms with Crippen molar-refractivity contribution in [1.82, 2.24) is 9.88 Å². The van der Waals surface area contributed by atoms with Crippen molar-refractivity contribution < 1.29 is 36.1 Å². The summed E-state index contributed by atoms with van der Waals surface area (Å²) in [4.78, 5) is 30.6. The number of aromatic nitrogens is 1. The lowest BCUT2D eigenvalue weighted by atomic mass is 9.62. The summed E-state index contributed by atoms with van der Waals surface area (Å²) >= 11 is 6.09. The molecule has 1 aromatic carbocycles. The first-order chi connectivity index (χ1) is 20.7. The van der Waals surface area contributed by atoms with Gasteiger partial charge in [0.2, 0.25) is 5.91 Å². The van der Waals surface area contributed by atoms with Gasteiger partial charge in [0.05, 0.1) is 15.5 Å². The number of piperazine rings is 1. The molecule has 3 aliphatic rings. The third-order valence-electron chi connectivity index (χ3n) is 9.24. The zero-order valence-corrected chi connectivity index (χ0v) is 24.4. The highest BCUT2D eigenvalue weighted by molar-refractivity contribution is 6.33. The van der Waals surface area contributed by atoms with E-state index in [-0.39, 0.29) is 34.4 Å². The van der Waals surface area contributed by atoms with E-state index in [1.54, 1.807) is 9.80 Å². The summed E-state index contributed by atoms with van der Waals surface area (Å²) in [7, 11) is 0. The lowest BCUT2D eigenvalue weighted by Crippen LogP contribution is -2.50. The van der Waals surface area contributed by atoms with Gasteiger partial charge in [-0.2, -0.15) is 26.3 Å². The fourth-order valence-corrected chi connectivity index (χ4v) is 7.03. The number of hydrogen-bond donors (Lipinski definition) is 1. The molecular weight excluding hydrogens is 616 g/mol. The second-order valence-electron chi connectivity index (χ2n) is 11.8. The maximum atomic E-state index is 13.3. The minimum absolute atomic E-state index is 0.0436. The van der Waals surface area contributed by atoms with E-state index in [1.165, 1.54) is 6.07 Å². The zero-order valence-electron chi connectivity index (χ0n) is 23.6. The third kappa shape index (κ3) is 7.16. The Balaban J connectivity index is 1.08. The topological polar surface area (TPSA) is 91.6 Å². The van der Waals surface area contributed by atoms with Gasteiger partial charge in [0.1, 0.15) is 11.4 Å². The molecule has 5 rings (SSSR count). The molecule has 2 heterocycles. The summed E-state index contributed by atoms with van der Waals surface area (Å²) in [6, 6.07) is 3.81. The van der Waals surface area contributed by atoms with E-state index in [0.717, 1.165) is 62.9 Å². The molecule has 1 amide bonds. The number of pyridine rings is 1. The minimum atomic E-state index is -4.83. The van der Waals surface area contributed by atoms with Crippen LogP contribution in [0.4, 0.5) is 43.5 Å². The normalized spacial score (nSPS) is 24.5. The monoisotopic (exact) mass is 647 g/mol. The van der Waals surface area contributed by atoms with Crippen LogP contribution in [-0.4, -0.2) is 52.9 Å². The third-order valence-corrected chi connectivity index (χ3v) is 9.52. The van der Waals surface area contributed by atoms with Crippen LogP contribution in [0.15, 0.2) is 30.5 Å². The van der Waals surface area contributed by atoms with Crippen molar-refractivity contribution >= 4 is 34.7 Å². The number of nitrogens with one attached hydrogen (secondary N) is 1. The molecule has 1 saturated heterocycles. The molecule has 0 spiro atoms. The predicted octanol–water partition coefficient (Wildman–Crippen LogP) is 7.42. The Morgan fingerprint density at radius 1 is 0.977 bits per heavy atom. The molecule has 8 nitrogen and oxygen atoms in total. The number of alkyl halides is 6. The number of nitro benzene ring substituents is 1. The van der Waals surface area contributed by atoms with Crippen molar-refractivity contribution in [1.29, 1.82) is 0 Å². The van der Waals surface area contributed by atoms with Crippen molar-refractivity contribution in [3.63, 3.8) is 0 Å². The molecule has 44 heavy (non-hydrogen) atoms. The van der Waals surface area contributed by atoms with Crippen molar-refractivity contribution in [2.24, 2.45) is 17.8 Å². The Morgan fingerprint density at radius 3 is 2.20 bits per heavy atom. The number of anilines is 2. The van der Waals surface area contributed by atoms with Gasteiger partial charge < -0.3 is 15.1 Å². The molecule has 2 atom stereocenters. The summed E-state index contributed by atoms with van der Waals surface area (Å²) in [6.07, 6.45) is -2.91. The Bertz CT molecular complexity index is 1370. The minimum Gasteiger partial charge on any atom is -0.382 e. The molecular formula is C29H32ClF6N5O3. The molecule has 0 bridgehead atoms. The van der Waals surface area contributed by atoms with Gasteiger partial charge in [0.15, 0.2) is 0 Å². The van der Waals surface area contributed by atoms with Crippen LogP contribution in [0.2, 0.25) is 5.02 Å². The SMILES string of the molecule is O=C(CC1CCC1C1CCC(Nc2ccc([N+](=O)[O-])c(C(F)(F)F)c2)CC1)N1CCN(c2ncc(C(F)(F)F)cc2Cl)CC1. The Morgan fingerprint density at radius 2 is 1.66 bits per heavy atom. The van der Waals surface area contributed by atoms with Crippen LogP contribution in [0.25, 0.3) is 0 Å². The Kier molecular flexibility index (Phi) is 9.20. The largest absolute Gasteiger partial charge is 0.423 e. The van der Waals surface area contributed by atoms with Gasteiger partial charge in [-0.25, -0.2) is 4.98 Å². The van der Waals surface area contributed by atoms with Crippen LogP contribution in [0.1, 0.15) is 56.1 Å². The van der Waals surface area contributed by atoms with E-state index >= 15 is 0 Å². The summed E-state index contributed by atoms with van der Waals surface area (Å²) < 4.78 is 78.8. The Hall–Kier alpha value is -3.29. The van der Waals surface area contributed by atoms with Gasteiger partial charge in [-0.15, -0.1) is 0 Å². The molecule has 1 N–H and O–H groups in total. The summed E-state index contributed by atoms with van der Waals surface area (Å²) in [5.74, 6) is 1.43. The molecule has 0 radical (unpaired) electrons. The predicted molar refractivity (Wildman–Crippen MR) is 151 cm³/mol. The molecule has 2 aromatic rings. The second kappa shape index (κ2) is 12.6. The van der Waals surface area contributed by atoms with E-state index in [1.807, 2.05) is 0 Å². The van der Waals surface area contributed by atoms with Crippen molar-refractivity contribution in [2.75, 3.05) is 36.4 Å². The quantitative estimate of drug-likeness (QED) is 0.191. The maximum absolute atomic E-state index is 13.3. The van der Waals surface area contributed by atoms with E-state index in [9.17, 15) is 41.3 Å². The molecule has 3 fully saturated rings. The molecule has 240 valence electrons. The first-order valence-corrected chi connectivity index (χ1v) is 15.0. The number of rotatable bonds is 7. The zero-order chi connectivity index (χ0) is 31.8.